The molecule has 0 aromatic carbocycles. The van der Waals surface area contributed by atoms with E-state index in [4.69, 9.17) is 4.74 Å². The van der Waals surface area contributed by atoms with Crippen LogP contribution < -0.4 is 5.32 Å². The molecule has 1 saturated heterocycles. The van der Waals surface area contributed by atoms with Crippen LogP contribution in [-0.2, 0) is 4.74 Å². The minimum absolute atomic E-state index is 0.161. The molecule has 4 heteroatoms. The van der Waals surface area contributed by atoms with Crippen molar-refractivity contribution in [3.8, 4) is 0 Å². The van der Waals surface area contributed by atoms with Gasteiger partial charge >= 0.3 is 6.09 Å². The standard InChI is InChI=1S/C17H32N2O2/c1-13-7-5-8-14(11-13)18-15-9-6-10-19(12-15)16(20)21-17(2,3)4/h13-15,18H,5-12H2,1-4H3. The first-order valence-corrected chi connectivity index (χ1v) is 8.57. The Labute approximate surface area is 129 Å². The number of carbonyl (C=O) groups is 1. The van der Waals surface area contributed by atoms with Gasteiger partial charge in [-0.15, -0.1) is 0 Å². The fraction of sp³-hybridized carbons (Fsp3) is 0.941. The summed E-state index contributed by atoms with van der Waals surface area (Å²) >= 11 is 0. The number of amides is 1. The van der Waals surface area contributed by atoms with Crippen molar-refractivity contribution in [2.75, 3.05) is 13.1 Å². The SMILES string of the molecule is CC1CCCC(NC2CCCN(C(=O)OC(C)(C)C)C2)C1. The lowest BCUT2D eigenvalue weighted by atomic mass is 9.86. The number of ether oxygens (including phenoxy) is 1. The first-order valence-electron chi connectivity index (χ1n) is 8.57. The topological polar surface area (TPSA) is 41.6 Å². The number of likely N-dealkylation sites (tertiary alicyclic amines) is 1. The number of carbonyl (C=O) groups excluding carboxylic acids is 1. The average molecular weight is 296 g/mol. The quantitative estimate of drug-likeness (QED) is 0.847. The minimum Gasteiger partial charge on any atom is -0.444 e. The zero-order chi connectivity index (χ0) is 15.5. The van der Waals surface area contributed by atoms with Gasteiger partial charge in [0.25, 0.3) is 0 Å². The zero-order valence-corrected chi connectivity index (χ0v) is 14.2. The van der Waals surface area contributed by atoms with Crippen molar-refractivity contribution >= 4 is 6.09 Å². The highest BCUT2D eigenvalue weighted by molar-refractivity contribution is 5.68. The van der Waals surface area contributed by atoms with Gasteiger partial charge in [0.1, 0.15) is 5.60 Å². The zero-order valence-electron chi connectivity index (χ0n) is 14.2. The van der Waals surface area contributed by atoms with E-state index in [-0.39, 0.29) is 6.09 Å². The maximum atomic E-state index is 12.2. The third-order valence-electron chi connectivity index (χ3n) is 4.48. The molecule has 1 saturated carbocycles. The Kier molecular flexibility index (Phi) is 5.53. The lowest BCUT2D eigenvalue weighted by Crippen LogP contribution is -2.52. The largest absolute Gasteiger partial charge is 0.444 e. The fourth-order valence-corrected chi connectivity index (χ4v) is 3.52. The Morgan fingerprint density at radius 2 is 1.86 bits per heavy atom. The molecule has 0 radical (unpaired) electrons. The maximum absolute atomic E-state index is 12.2. The first kappa shape index (κ1) is 16.6. The van der Waals surface area contributed by atoms with Crippen molar-refractivity contribution in [3.63, 3.8) is 0 Å². The van der Waals surface area contributed by atoms with Crippen LogP contribution >= 0.6 is 0 Å². The van der Waals surface area contributed by atoms with Crippen LogP contribution in [0, 0.1) is 5.92 Å². The van der Waals surface area contributed by atoms with E-state index >= 15 is 0 Å². The van der Waals surface area contributed by atoms with Gasteiger partial charge in [-0.25, -0.2) is 4.79 Å². The molecule has 0 bridgehead atoms. The van der Waals surface area contributed by atoms with Crippen LogP contribution in [0.1, 0.15) is 66.2 Å². The van der Waals surface area contributed by atoms with Gasteiger partial charge < -0.3 is 15.0 Å². The highest BCUT2D eigenvalue weighted by atomic mass is 16.6. The summed E-state index contributed by atoms with van der Waals surface area (Å²) < 4.78 is 5.49. The van der Waals surface area contributed by atoms with Crippen LogP contribution in [0.2, 0.25) is 0 Å². The molecule has 1 heterocycles. The summed E-state index contributed by atoms with van der Waals surface area (Å²) in [5, 5.41) is 3.79. The molecule has 2 rings (SSSR count). The first-order chi connectivity index (χ1) is 9.83. The molecule has 1 N–H and O–H groups in total. The summed E-state index contributed by atoms with van der Waals surface area (Å²) in [6, 6.07) is 1.07. The lowest BCUT2D eigenvalue weighted by molar-refractivity contribution is 0.0180. The summed E-state index contributed by atoms with van der Waals surface area (Å²) in [6.45, 7) is 9.74. The number of piperidine rings is 1. The number of hydrogen-bond acceptors (Lipinski definition) is 3. The molecule has 1 amide bonds. The third kappa shape index (κ3) is 5.50. The van der Waals surface area contributed by atoms with Gasteiger partial charge in [-0.3, -0.25) is 0 Å². The van der Waals surface area contributed by atoms with Crippen LogP contribution in [0.5, 0.6) is 0 Å². The molecule has 0 aromatic heterocycles. The molecule has 0 aromatic rings. The third-order valence-corrected chi connectivity index (χ3v) is 4.48. The molecule has 122 valence electrons. The van der Waals surface area contributed by atoms with Crippen molar-refractivity contribution in [2.45, 2.75) is 83.9 Å². The summed E-state index contributed by atoms with van der Waals surface area (Å²) in [4.78, 5) is 14.1. The van der Waals surface area contributed by atoms with E-state index in [0.29, 0.717) is 12.1 Å². The molecule has 21 heavy (non-hydrogen) atoms. The smallest absolute Gasteiger partial charge is 0.410 e. The van der Waals surface area contributed by atoms with Crippen molar-refractivity contribution in [3.05, 3.63) is 0 Å². The molecule has 2 aliphatic rings. The normalized spacial score (nSPS) is 31.0. The van der Waals surface area contributed by atoms with E-state index in [1.54, 1.807) is 0 Å². The molecule has 3 atom stereocenters. The molecular weight excluding hydrogens is 264 g/mol. The highest BCUT2D eigenvalue weighted by Gasteiger charge is 2.29. The van der Waals surface area contributed by atoms with Crippen LogP contribution in [0.3, 0.4) is 0 Å². The van der Waals surface area contributed by atoms with Crippen LogP contribution in [-0.4, -0.2) is 41.8 Å². The Hall–Kier alpha value is -0.770. The van der Waals surface area contributed by atoms with Crippen molar-refractivity contribution < 1.29 is 9.53 Å². The van der Waals surface area contributed by atoms with E-state index in [2.05, 4.69) is 12.2 Å². The summed E-state index contributed by atoms with van der Waals surface area (Å²) in [5.41, 5.74) is -0.406. The van der Waals surface area contributed by atoms with Gasteiger partial charge in [0.2, 0.25) is 0 Å². The number of nitrogens with zero attached hydrogens (tertiary/aromatic N) is 1. The predicted molar refractivity (Wildman–Crippen MR) is 85.4 cm³/mol. The van der Waals surface area contributed by atoms with E-state index in [0.717, 1.165) is 25.4 Å². The second-order valence-corrected chi connectivity index (χ2v) is 7.90. The van der Waals surface area contributed by atoms with Crippen LogP contribution in [0.15, 0.2) is 0 Å². The lowest BCUT2D eigenvalue weighted by Gasteiger charge is -2.37. The molecule has 2 fully saturated rings. The summed E-state index contributed by atoms with van der Waals surface area (Å²) in [6.07, 6.45) is 7.35. The summed E-state index contributed by atoms with van der Waals surface area (Å²) in [7, 11) is 0. The Bertz CT molecular complexity index is 351. The molecular formula is C17H32N2O2. The maximum Gasteiger partial charge on any atom is 0.410 e. The van der Waals surface area contributed by atoms with Gasteiger partial charge in [-0.1, -0.05) is 19.8 Å². The average Bonchev–Trinajstić information content (AvgIpc) is 2.37. The molecule has 0 spiro atoms. The Balaban J connectivity index is 1.81. The van der Waals surface area contributed by atoms with Gasteiger partial charge in [-0.2, -0.15) is 0 Å². The Morgan fingerprint density at radius 3 is 2.52 bits per heavy atom. The van der Waals surface area contributed by atoms with Crippen molar-refractivity contribution in [2.24, 2.45) is 5.92 Å². The van der Waals surface area contributed by atoms with E-state index in [1.165, 1.54) is 32.1 Å². The number of rotatable bonds is 2. The van der Waals surface area contributed by atoms with Crippen LogP contribution in [0.25, 0.3) is 0 Å². The molecule has 3 unspecified atom stereocenters. The van der Waals surface area contributed by atoms with Gasteiger partial charge in [-0.05, 0) is 52.4 Å². The Morgan fingerprint density at radius 1 is 1.14 bits per heavy atom. The number of hydrogen-bond donors (Lipinski definition) is 1. The molecule has 4 nitrogen and oxygen atoms in total. The number of nitrogens with one attached hydrogen (secondary N) is 1. The predicted octanol–water partition coefficient (Wildman–Crippen LogP) is 3.55. The van der Waals surface area contributed by atoms with Gasteiger partial charge in [0.05, 0.1) is 0 Å². The fourth-order valence-electron chi connectivity index (χ4n) is 3.52. The minimum atomic E-state index is -0.406. The van der Waals surface area contributed by atoms with E-state index in [9.17, 15) is 4.79 Å². The monoisotopic (exact) mass is 296 g/mol. The van der Waals surface area contributed by atoms with Gasteiger partial charge in [0, 0.05) is 25.2 Å². The molecule has 1 aliphatic heterocycles. The van der Waals surface area contributed by atoms with E-state index in [1.807, 2.05) is 25.7 Å². The second kappa shape index (κ2) is 6.99. The van der Waals surface area contributed by atoms with Crippen LogP contribution in [0.4, 0.5) is 4.79 Å². The summed E-state index contributed by atoms with van der Waals surface area (Å²) in [5.74, 6) is 0.835. The van der Waals surface area contributed by atoms with E-state index < -0.39 is 5.60 Å². The van der Waals surface area contributed by atoms with Gasteiger partial charge in [0.15, 0.2) is 0 Å². The second-order valence-electron chi connectivity index (χ2n) is 7.90. The van der Waals surface area contributed by atoms with Crippen molar-refractivity contribution in [1.29, 1.82) is 0 Å². The highest BCUT2D eigenvalue weighted by Crippen LogP contribution is 2.25. The van der Waals surface area contributed by atoms with Crippen molar-refractivity contribution in [1.82, 2.24) is 10.2 Å². The molecule has 1 aliphatic carbocycles.